The number of hydrogen-bond donors (Lipinski definition) is 1. The fourth-order valence-corrected chi connectivity index (χ4v) is 3.02. The Kier molecular flexibility index (Phi) is 7.65. The number of carbonyl (C=O) groups is 3. The lowest BCUT2D eigenvalue weighted by atomic mass is 9.97. The van der Waals surface area contributed by atoms with Crippen LogP contribution in [0.4, 0.5) is 10.5 Å². The van der Waals surface area contributed by atoms with Gasteiger partial charge in [0, 0.05) is 18.8 Å². The number of rotatable bonds is 5. The van der Waals surface area contributed by atoms with E-state index in [0.29, 0.717) is 31.6 Å². The van der Waals surface area contributed by atoms with Crippen LogP contribution in [0.2, 0.25) is 0 Å². The molecule has 0 saturated carbocycles. The minimum Gasteiger partial charge on any atom is -0.452 e. The lowest BCUT2D eigenvalue weighted by Crippen LogP contribution is -2.43. The predicted octanol–water partition coefficient (Wildman–Crippen LogP) is 3.77. The molecule has 1 aliphatic heterocycles. The van der Waals surface area contributed by atoms with Gasteiger partial charge >= 0.3 is 12.1 Å². The van der Waals surface area contributed by atoms with E-state index < -0.39 is 17.7 Å². The Labute approximate surface area is 172 Å². The number of ether oxygens (including phenoxy) is 2. The highest BCUT2D eigenvalue weighted by atomic mass is 16.6. The highest BCUT2D eigenvalue weighted by Gasteiger charge is 2.32. The predicted molar refractivity (Wildman–Crippen MR) is 111 cm³/mol. The minimum absolute atomic E-state index is 0.326. The molecule has 7 heteroatoms. The Balaban J connectivity index is 1.79. The van der Waals surface area contributed by atoms with Crippen LogP contribution in [0, 0.1) is 5.92 Å². The third-order valence-electron chi connectivity index (χ3n) is 4.77. The number of aryl methyl sites for hydroxylation is 1. The van der Waals surface area contributed by atoms with Crippen molar-refractivity contribution in [3.63, 3.8) is 0 Å². The fourth-order valence-electron chi connectivity index (χ4n) is 3.02. The number of piperidine rings is 1. The van der Waals surface area contributed by atoms with Gasteiger partial charge in [0.2, 0.25) is 0 Å². The van der Waals surface area contributed by atoms with Gasteiger partial charge in [-0.05, 0) is 64.7 Å². The first kappa shape index (κ1) is 22.7. The molecule has 0 radical (unpaired) electrons. The molecule has 1 atom stereocenters. The molecule has 1 saturated heterocycles. The summed E-state index contributed by atoms with van der Waals surface area (Å²) in [6, 6.07) is 7.56. The van der Waals surface area contributed by atoms with Crippen LogP contribution in [0.3, 0.4) is 0 Å². The first-order valence-corrected chi connectivity index (χ1v) is 10.2. The monoisotopic (exact) mass is 404 g/mol. The number of hydrogen-bond acceptors (Lipinski definition) is 5. The maximum absolute atomic E-state index is 12.4. The van der Waals surface area contributed by atoms with Crippen molar-refractivity contribution in [2.45, 2.75) is 65.6 Å². The van der Waals surface area contributed by atoms with Crippen LogP contribution >= 0.6 is 0 Å². The van der Waals surface area contributed by atoms with E-state index >= 15 is 0 Å². The summed E-state index contributed by atoms with van der Waals surface area (Å²) in [5, 5.41) is 2.76. The van der Waals surface area contributed by atoms with Gasteiger partial charge in [-0.1, -0.05) is 19.1 Å². The van der Waals surface area contributed by atoms with Crippen molar-refractivity contribution in [2.24, 2.45) is 5.92 Å². The summed E-state index contributed by atoms with van der Waals surface area (Å²) in [6.07, 6.45) is 0.647. The van der Waals surface area contributed by atoms with Gasteiger partial charge < -0.3 is 19.7 Å². The zero-order valence-electron chi connectivity index (χ0n) is 18.0. The van der Waals surface area contributed by atoms with Gasteiger partial charge in [0.25, 0.3) is 5.91 Å². The summed E-state index contributed by atoms with van der Waals surface area (Å²) < 4.78 is 10.7. The van der Waals surface area contributed by atoms with Crippen LogP contribution in [-0.4, -0.2) is 47.7 Å². The number of nitrogens with one attached hydrogen (secondary N) is 1. The second kappa shape index (κ2) is 9.76. The molecule has 160 valence electrons. The Hall–Kier alpha value is -2.57. The molecular formula is C22H32N2O5. The second-order valence-corrected chi connectivity index (χ2v) is 8.36. The van der Waals surface area contributed by atoms with E-state index in [0.717, 1.165) is 6.42 Å². The molecule has 1 fully saturated rings. The van der Waals surface area contributed by atoms with Crippen LogP contribution in [0.25, 0.3) is 0 Å². The molecule has 0 unspecified atom stereocenters. The van der Waals surface area contributed by atoms with E-state index in [-0.39, 0.29) is 17.9 Å². The third-order valence-corrected chi connectivity index (χ3v) is 4.77. The van der Waals surface area contributed by atoms with E-state index in [1.54, 1.807) is 11.8 Å². The van der Waals surface area contributed by atoms with Crippen molar-refractivity contribution in [3.8, 4) is 0 Å². The van der Waals surface area contributed by atoms with Crippen molar-refractivity contribution in [2.75, 3.05) is 18.4 Å². The Morgan fingerprint density at radius 3 is 2.24 bits per heavy atom. The molecule has 1 aromatic rings. The number of esters is 1. The maximum atomic E-state index is 12.4. The van der Waals surface area contributed by atoms with Crippen molar-refractivity contribution in [1.82, 2.24) is 4.90 Å². The van der Waals surface area contributed by atoms with Gasteiger partial charge in [-0.15, -0.1) is 0 Å². The van der Waals surface area contributed by atoms with Gasteiger partial charge in [0.15, 0.2) is 6.10 Å². The SMILES string of the molecule is CCc1ccc(NC(=O)[C@H](C)OC(=O)C2CCN(C(=O)OC(C)(C)C)CC2)cc1. The van der Waals surface area contributed by atoms with Crippen molar-refractivity contribution in [1.29, 1.82) is 0 Å². The third kappa shape index (κ3) is 7.07. The summed E-state index contributed by atoms with van der Waals surface area (Å²) in [5.41, 5.74) is 1.30. The Bertz CT molecular complexity index is 716. The molecule has 2 rings (SSSR count). The molecule has 1 N–H and O–H groups in total. The zero-order chi connectivity index (χ0) is 21.6. The Morgan fingerprint density at radius 1 is 1.14 bits per heavy atom. The molecule has 1 heterocycles. The molecule has 2 amide bonds. The average Bonchev–Trinajstić information content (AvgIpc) is 2.67. The quantitative estimate of drug-likeness (QED) is 0.755. The van der Waals surface area contributed by atoms with Crippen LogP contribution in [0.1, 0.15) is 53.0 Å². The van der Waals surface area contributed by atoms with Gasteiger partial charge in [0.1, 0.15) is 5.60 Å². The number of carbonyl (C=O) groups excluding carboxylic acids is 3. The highest BCUT2D eigenvalue weighted by molar-refractivity contribution is 5.95. The minimum atomic E-state index is -0.891. The Morgan fingerprint density at radius 2 is 1.72 bits per heavy atom. The van der Waals surface area contributed by atoms with Crippen LogP contribution in [0.15, 0.2) is 24.3 Å². The van der Waals surface area contributed by atoms with Crippen molar-refractivity contribution >= 4 is 23.7 Å². The molecular weight excluding hydrogens is 372 g/mol. The molecule has 1 aliphatic rings. The lowest BCUT2D eigenvalue weighted by Gasteiger charge is -2.32. The molecule has 0 aromatic heterocycles. The van der Waals surface area contributed by atoms with E-state index in [2.05, 4.69) is 12.2 Å². The van der Waals surface area contributed by atoms with Gasteiger partial charge in [0.05, 0.1) is 5.92 Å². The molecule has 0 spiro atoms. The first-order valence-electron chi connectivity index (χ1n) is 10.2. The number of likely N-dealkylation sites (tertiary alicyclic amines) is 1. The number of nitrogens with zero attached hydrogens (tertiary/aromatic N) is 1. The molecule has 1 aromatic carbocycles. The molecule has 0 bridgehead atoms. The summed E-state index contributed by atoms with van der Waals surface area (Å²) in [7, 11) is 0. The number of benzene rings is 1. The fraction of sp³-hybridized carbons (Fsp3) is 0.591. The first-order chi connectivity index (χ1) is 13.6. The topological polar surface area (TPSA) is 84.9 Å². The van der Waals surface area contributed by atoms with Crippen molar-refractivity contribution in [3.05, 3.63) is 29.8 Å². The number of anilines is 1. The summed E-state index contributed by atoms with van der Waals surface area (Å²) in [4.78, 5) is 38.4. The normalized spacial score (nSPS) is 16.1. The lowest BCUT2D eigenvalue weighted by molar-refractivity contribution is -0.158. The molecule has 7 nitrogen and oxygen atoms in total. The average molecular weight is 405 g/mol. The van der Waals surface area contributed by atoms with E-state index in [1.807, 2.05) is 45.0 Å². The van der Waals surface area contributed by atoms with Crippen LogP contribution in [0.5, 0.6) is 0 Å². The molecule has 29 heavy (non-hydrogen) atoms. The van der Waals surface area contributed by atoms with Crippen LogP contribution in [-0.2, 0) is 25.5 Å². The maximum Gasteiger partial charge on any atom is 0.410 e. The zero-order valence-corrected chi connectivity index (χ0v) is 18.0. The van der Waals surface area contributed by atoms with Gasteiger partial charge in [-0.25, -0.2) is 4.79 Å². The van der Waals surface area contributed by atoms with Gasteiger partial charge in [-0.2, -0.15) is 0 Å². The van der Waals surface area contributed by atoms with Crippen molar-refractivity contribution < 1.29 is 23.9 Å². The second-order valence-electron chi connectivity index (χ2n) is 8.36. The number of amides is 2. The highest BCUT2D eigenvalue weighted by Crippen LogP contribution is 2.21. The van der Waals surface area contributed by atoms with E-state index in [9.17, 15) is 14.4 Å². The van der Waals surface area contributed by atoms with E-state index in [4.69, 9.17) is 9.47 Å². The summed E-state index contributed by atoms with van der Waals surface area (Å²) in [5.74, 6) is -1.10. The summed E-state index contributed by atoms with van der Waals surface area (Å²) >= 11 is 0. The standard InChI is InChI=1S/C22H32N2O5/c1-6-16-7-9-18(10-8-16)23-19(25)15(2)28-20(26)17-11-13-24(14-12-17)21(27)29-22(3,4)5/h7-10,15,17H,6,11-14H2,1-5H3,(H,23,25)/t15-/m0/s1. The molecule has 0 aliphatic carbocycles. The van der Waals surface area contributed by atoms with Gasteiger partial charge in [-0.3, -0.25) is 9.59 Å². The van der Waals surface area contributed by atoms with Crippen LogP contribution < -0.4 is 5.32 Å². The van der Waals surface area contributed by atoms with E-state index in [1.165, 1.54) is 5.56 Å². The largest absolute Gasteiger partial charge is 0.452 e. The summed E-state index contributed by atoms with van der Waals surface area (Å²) in [6.45, 7) is 9.94. The smallest absolute Gasteiger partial charge is 0.410 e.